The summed E-state index contributed by atoms with van der Waals surface area (Å²) < 4.78 is 0. The number of hydrogen-bond acceptors (Lipinski definition) is 3. The van der Waals surface area contributed by atoms with E-state index in [-0.39, 0.29) is 0 Å². The molecular formula is C11H18N2S. The van der Waals surface area contributed by atoms with Crippen molar-refractivity contribution in [3.05, 3.63) is 16.1 Å². The Balaban J connectivity index is 1.96. The smallest absolute Gasteiger partial charge is 0.0934 e. The van der Waals surface area contributed by atoms with Gasteiger partial charge >= 0.3 is 0 Å². The molecule has 1 aliphatic carbocycles. The summed E-state index contributed by atoms with van der Waals surface area (Å²) in [5.41, 5.74) is 7.46. The quantitative estimate of drug-likeness (QED) is 0.810. The highest BCUT2D eigenvalue weighted by atomic mass is 32.1. The van der Waals surface area contributed by atoms with Gasteiger partial charge in [-0.05, 0) is 31.2 Å². The number of thiazole rings is 1. The molecule has 0 bridgehead atoms. The lowest BCUT2D eigenvalue weighted by Crippen LogP contribution is -2.17. The maximum absolute atomic E-state index is 5.76. The molecule has 0 aromatic carbocycles. The van der Waals surface area contributed by atoms with E-state index in [1.165, 1.54) is 30.0 Å². The number of aryl methyl sites for hydroxylation is 1. The van der Waals surface area contributed by atoms with Crippen LogP contribution >= 0.6 is 11.3 Å². The van der Waals surface area contributed by atoms with Crippen LogP contribution in [0.4, 0.5) is 0 Å². The van der Waals surface area contributed by atoms with Gasteiger partial charge in [0.2, 0.25) is 0 Å². The van der Waals surface area contributed by atoms with E-state index in [0.717, 1.165) is 19.4 Å². The standard InChI is InChI=1S/C11H18N2S/c1-2-3-9-7-14-10(13-9)6-11(8-12)4-5-11/h7H,2-6,8,12H2,1H3. The zero-order valence-electron chi connectivity index (χ0n) is 8.75. The molecule has 14 heavy (non-hydrogen) atoms. The van der Waals surface area contributed by atoms with E-state index in [1.807, 2.05) is 0 Å². The molecular weight excluding hydrogens is 192 g/mol. The fourth-order valence-electron chi connectivity index (χ4n) is 1.75. The minimum absolute atomic E-state index is 0.432. The Kier molecular flexibility index (Phi) is 2.88. The van der Waals surface area contributed by atoms with Crippen LogP contribution in [0.1, 0.15) is 36.9 Å². The number of rotatable bonds is 5. The molecule has 1 heterocycles. The topological polar surface area (TPSA) is 38.9 Å². The van der Waals surface area contributed by atoms with Crippen LogP contribution < -0.4 is 5.73 Å². The molecule has 0 aliphatic heterocycles. The van der Waals surface area contributed by atoms with Crippen molar-refractivity contribution in [2.45, 2.75) is 39.0 Å². The molecule has 0 unspecified atom stereocenters. The van der Waals surface area contributed by atoms with Gasteiger partial charge in [-0.3, -0.25) is 0 Å². The molecule has 78 valence electrons. The van der Waals surface area contributed by atoms with Crippen molar-refractivity contribution >= 4 is 11.3 Å². The summed E-state index contributed by atoms with van der Waals surface area (Å²) in [6.07, 6.45) is 6.01. The van der Waals surface area contributed by atoms with E-state index in [2.05, 4.69) is 17.3 Å². The normalized spacial score (nSPS) is 18.4. The van der Waals surface area contributed by atoms with Crippen molar-refractivity contribution in [1.82, 2.24) is 4.98 Å². The third kappa shape index (κ3) is 2.15. The Bertz CT molecular complexity index is 302. The maximum atomic E-state index is 5.76. The number of hydrogen-bond donors (Lipinski definition) is 1. The largest absolute Gasteiger partial charge is 0.330 e. The van der Waals surface area contributed by atoms with Crippen LogP contribution in [0.3, 0.4) is 0 Å². The minimum Gasteiger partial charge on any atom is -0.330 e. The van der Waals surface area contributed by atoms with Gasteiger partial charge in [0.1, 0.15) is 0 Å². The van der Waals surface area contributed by atoms with E-state index in [4.69, 9.17) is 5.73 Å². The van der Waals surface area contributed by atoms with Gasteiger partial charge in [-0.15, -0.1) is 11.3 Å². The van der Waals surface area contributed by atoms with Gasteiger partial charge in [0.25, 0.3) is 0 Å². The molecule has 1 fully saturated rings. The molecule has 0 amide bonds. The van der Waals surface area contributed by atoms with Gasteiger partial charge in [-0.2, -0.15) is 0 Å². The van der Waals surface area contributed by atoms with Crippen molar-refractivity contribution in [2.24, 2.45) is 11.1 Å². The Labute approximate surface area is 89.5 Å². The van der Waals surface area contributed by atoms with Gasteiger partial charge < -0.3 is 5.73 Å². The third-order valence-corrected chi connectivity index (χ3v) is 3.92. The van der Waals surface area contributed by atoms with Crippen molar-refractivity contribution in [3.8, 4) is 0 Å². The zero-order valence-corrected chi connectivity index (χ0v) is 9.57. The Morgan fingerprint density at radius 1 is 1.57 bits per heavy atom. The summed E-state index contributed by atoms with van der Waals surface area (Å²) in [5.74, 6) is 0. The first kappa shape index (κ1) is 10.1. The Morgan fingerprint density at radius 2 is 2.36 bits per heavy atom. The first-order valence-corrected chi connectivity index (χ1v) is 6.29. The summed E-state index contributed by atoms with van der Waals surface area (Å²) >= 11 is 1.81. The van der Waals surface area contributed by atoms with E-state index in [0.29, 0.717) is 5.41 Å². The molecule has 0 saturated heterocycles. The fraction of sp³-hybridized carbons (Fsp3) is 0.727. The number of nitrogens with two attached hydrogens (primary N) is 1. The first-order chi connectivity index (χ1) is 6.78. The highest BCUT2D eigenvalue weighted by Crippen LogP contribution is 2.47. The van der Waals surface area contributed by atoms with E-state index < -0.39 is 0 Å². The third-order valence-electron chi connectivity index (χ3n) is 3.02. The highest BCUT2D eigenvalue weighted by molar-refractivity contribution is 7.09. The van der Waals surface area contributed by atoms with Crippen LogP contribution in [0, 0.1) is 5.41 Å². The SMILES string of the molecule is CCCc1csc(CC2(CN)CC2)n1. The Morgan fingerprint density at radius 3 is 2.93 bits per heavy atom. The lowest BCUT2D eigenvalue weighted by atomic mass is 10.0. The summed E-state index contributed by atoms with van der Waals surface area (Å²) in [7, 11) is 0. The van der Waals surface area contributed by atoms with Gasteiger partial charge in [0.15, 0.2) is 0 Å². The predicted octanol–water partition coefficient (Wildman–Crippen LogP) is 2.38. The van der Waals surface area contributed by atoms with Crippen LogP contribution in [0.5, 0.6) is 0 Å². The van der Waals surface area contributed by atoms with Gasteiger partial charge in [0, 0.05) is 11.8 Å². The van der Waals surface area contributed by atoms with Gasteiger partial charge in [0.05, 0.1) is 10.7 Å². The molecule has 1 aromatic rings. The van der Waals surface area contributed by atoms with Crippen LogP contribution in [-0.4, -0.2) is 11.5 Å². The molecule has 1 aliphatic rings. The Hall–Kier alpha value is -0.410. The molecule has 0 radical (unpaired) electrons. The van der Waals surface area contributed by atoms with Crippen LogP contribution in [0.25, 0.3) is 0 Å². The molecule has 2 nitrogen and oxygen atoms in total. The van der Waals surface area contributed by atoms with Crippen LogP contribution in [0.15, 0.2) is 5.38 Å². The average molecular weight is 210 g/mol. The fourth-order valence-corrected chi connectivity index (χ4v) is 2.75. The number of nitrogens with zero attached hydrogens (tertiary/aromatic N) is 1. The molecule has 1 saturated carbocycles. The molecule has 2 rings (SSSR count). The van der Waals surface area contributed by atoms with Crippen molar-refractivity contribution < 1.29 is 0 Å². The first-order valence-electron chi connectivity index (χ1n) is 5.41. The second kappa shape index (κ2) is 3.99. The minimum atomic E-state index is 0.432. The molecule has 3 heteroatoms. The molecule has 0 atom stereocenters. The van der Waals surface area contributed by atoms with E-state index in [9.17, 15) is 0 Å². The van der Waals surface area contributed by atoms with E-state index in [1.54, 1.807) is 11.3 Å². The predicted molar refractivity (Wildman–Crippen MR) is 60.5 cm³/mol. The van der Waals surface area contributed by atoms with Crippen molar-refractivity contribution in [1.29, 1.82) is 0 Å². The van der Waals surface area contributed by atoms with Crippen molar-refractivity contribution in [3.63, 3.8) is 0 Å². The molecule has 2 N–H and O–H groups in total. The van der Waals surface area contributed by atoms with E-state index >= 15 is 0 Å². The summed E-state index contributed by atoms with van der Waals surface area (Å²) in [6.45, 7) is 3.02. The monoisotopic (exact) mass is 210 g/mol. The number of aromatic nitrogens is 1. The van der Waals surface area contributed by atoms with Gasteiger partial charge in [-0.1, -0.05) is 13.3 Å². The molecule has 0 spiro atoms. The lowest BCUT2D eigenvalue weighted by Gasteiger charge is -2.08. The van der Waals surface area contributed by atoms with Crippen molar-refractivity contribution in [2.75, 3.05) is 6.54 Å². The van der Waals surface area contributed by atoms with Gasteiger partial charge in [-0.25, -0.2) is 4.98 Å². The highest BCUT2D eigenvalue weighted by Gasteiger charge is 2.41. The van der Waals surface area contributed by atoms with Crippen LogP contribution in [0.2, 0.25) is 0 Å². The summed E-state index contributed by atoms with van der Waals surface area (Å²) in [5, 5.41) is 3.49. The average Bonchev–Trinajstić information content (AvgIpc) is 2.82. The summed E-state index contributed by atoms with van der Waals surface area (Å²) in [6, 6.07) is 0. The zero-order chi connectivity index (χ0) is 10.0. The lowest BCUT2D eigenvalue weighted by molar-refractivity contribution is 0.519. The maximum Gasteiger partial charge on any atom is 0.0934 e. The molecule has 1 aromatic heterocycles. The second-order valence-electron chi connectivity index (χ2n) is 4.36. The second-order valence-corrected chi connectivity index (χ2v) is 5.31. The summed E-state index contributed by atoms with van der Waals surface area (Å²) in [4.78, 5) is 4.64. The van der Waals surface area contributed by atoms with Crippen LogP contribution in [-0.2, 0) is 12.8 Å².